The lowest BCUT2D eigenvalue weighted by Gasteiger charge is -2.18. The summed E-state index contributed by atoms with van der Waals surface area (Å²) in [7, 11) is 0. The molecule has 0 saturated heterocycles. The Labute approximate surface area is 124 Å². The third-order valence-corrected chi connectivity index (χ3v) is 7.00. The van der Waals surface area contributed by atoms with Crippen LogP contribution < -0.4 is 4.52 Å². The van der Waals surface area contributed by atoms with Crippen molar-refractivity contribution >= 4 is 29.9 Å². The lowest BCUT2D eigenvalue weighted by Crippen LogP contribution is -1.97. The molecule has 0 spiro atoms. The van der Waals surface area contributed by atoms with Gasteiger partial charge in [-0.3, -0.25) is 4.52 Å². The minimum absolute atomic E-state index is 0.385. The zero-order valence-corrected chi connectivity index (χ0v) is 14.4. The SMILES string of the molecule is CCCSP(=O)(OCC)Oc1ccc(SC)cc1C. The lowest BCUT2D eigenvalue weighted by atomic mass is 10.2. The van der Waals surface area contributed by atoms with Crippen LogP contribution in [0.1, 0.15) is 25.8 Å². The number of hydrogen-bond donors (Lipinski definition) is 0. The van der Waals surface area contributed by atoms with Crippen molar-refractivity contribution < 1.29 is 13.6 Å². The van der Waals surface area contributed by atoms with Gasteiger partial charge in [0.2, 0.25) is 0 Å². The van der Waals surface area contributed by atoms with E-state index in [0.717, 1.165) is 22.6 Å². The fourth-order valence-electron chi connectivity index (χ4n) is 1.42. The Balaban J connectivity index is 2.87. The van der Waals surface area contributed by atoms with Crippen LogP contribution in [0.15, 0.2) is 23.1 Å². The normalized spacial score (nSPS) is 14.1. The van der Waals surface area contributed by atoms with Crippen molar-refractivity contribution in [3.05, 3.63) is 23.8 Å². The Morgan fingerprint density at radius 3 is 2.58 bits per heavy atom. The average molecular weight is 320 g/mol. The van der Waals surface area contributed by atoms with Crippen LogP contribution in [0.3, 0.4) is 0 Å². The lowest BCUT2D eigenvalue weighted by molar-refractivity contribution is 0.295. The van der Waals surface area contributed by atoms with Gasteiger partial charge in [0.1, 0.15) is 5.75 Å². The summed E-state index contributed by atoms with van der Waals surface area (Å²) in [5.41, 5.74) is 0.976. The van der Waals surface area contributed by atoms with Crippen molar-refractivity contribution in [3.63, 3.8) is 0 Å². The van der Waals surface area contributed by atoms with Gasteiger partial charge in [0.15, 0.2) is 0 Å². The van der Waals surface area contributed by atoms with Gasteiger partial charge in [-0.25, -0.2) is 4.57 Å². The molecule has 0 bridgehead atoms. The van der Waals surface area contributed by atoms with Gasteiger partial charge >= 0.3 is 6.80 Å². The molecule has 19 heavy (non-hydrogen) atoms. The first kappa shape index (κ1) is 17.0. The molecule has 1 aromatic carbocycles. The number of aryl methyl sites for hydroxylation is 1. The predicted molar refractivity (Wildman–Crippen MR) is 85.6 cm³/mol. The highest BCUT2D eigenvalue weighted by Gasteiger charge is 2.27. The molecular weight excluding hydrogens is 299 g/mol. The van der Waals surface area contributed by atoms with E-state index < -0.39 is 6.80 Å². The van der Waals surface area contributed by atoms with Crippen molar-refractivity contribution in [1.82, 2.24) is 0 Å². The molecule has 0 saturated carbocycles. The topological polar surface area (TPSA) is 35.5 Å². The molecule has 1 atom stereocenters. The van der Waals surface area contributed by atoms with Crippen LogP contribution >= 0.6 is 29.9 Å². The standard InChI is InChI=1S/C13H21O3PS2/c1-5-9-19-17(14,15-6-2)16-13-8-7-12(18-4)10-11(13)3/h7-8,10H,5-6,9H2,1-4H3. The predicted octanol–water partition coefficient (Wildman–Crippen LogP) is 5.38. The van der Waals surface area contributed by atoms with E-state index >= 15 is 0 Å². The van der Waals surface area contributed by atoms with Gasteiger partial charge in [0.05, 0.1) is 6.61 Å². The Morgan fingerprint density at radius 2 is 2.05 bits per heavy atom. The smallest absolute Gasteiger partial charge is 0.417 e. The van der Waals surface area contributed by atoms with E-state index in [-0.39, 0.29) is 0 Å². The zero-order valence-electron chi connectivity index (χ0n) is 11.8. The van der Waals surface area contributed by atoms with Crippen molar-refractivity contribution in [3.8, 4) is 5.75 Å². The van der Waals surface area contributed by atoms with Gasteiger partial charge in [0, 0.05) is 10.6 Å². The van der Waals surface area contributed by atoms with E-state index in [0.29, 0.717) is 12.4 Å². The van der Waals surface area contributed by atoms with Crippen LogP contribution in [0.2, 0.25) is 0 Å². The molecule has 0 fully saturated rings. The van der Waals surface area contributed by atoms with E-state index in [1.54, 1.807) is 11.8 Å². The summed E-state index contributed by atoms with van der Waals surface area (Å²) in [6.07, 6.45) is 2.97. The number of benzene rings is 1. The van der Waals surface area contributed by atoms with Gasteiger partial charge in [0.25, 0.3) is 0 Å². The minimum atomic E-state index is -3.10. The Morgan fingerprint density at radius 1 is 1.32 bits per heavy atom. The van der Waals surface area contributed by atoms with Crippen molar-refractivity contribution in [2.45, 2.75) is 32.1 Å². The average Bonchev–Trinajstić information content (AvgIpc) is 2.39. The summed E-state index contributed by atoms with van der Waals surface area (Å²) < 4.78 is 23.6. The Kier molecular flexibility index (Phi) is 7.37. The molecule has 0 N–H and O–H groups in total. The molecule has 0 aliphatic heterocycles. The molecule has 0 aliphatic carbocycles. The van der Waals surface area contributed by atoms with Crippen molar-refractivity contribution in [2.24, 2.45) is 0 Å². The molecule has 0 radical (unpaired) electrons. The highest BCUT2D eigenvalue weighted by Crippen LogP contribution is 2.60. The molecule has 1 unspecified atom stereocenters. The summed E-state index contributed by atoms with van der Waals surface area (Å²) in [5.74, 6) is 1.40. The summed E-state index contributed by atoms with van der Waals surface area (Å²) in [4.78, 5) is 1.16. The van der Waals surface area contributed by atoms with Gasteiger partial charge in [-0.15, -0.1) is 11.8 Å². The molecule has 1 aromatic rings. The maximum Gasteiger partial charge on any atom is 0.440 e. The number of hydrogen-bond acceptors (Lipinski definition) is 5. The van der Waals surface area contributed by atoms with Crippen LogP contribution in [0.5, 0.6) is 5.75 Å². The van der Waals surface area contributed by atoms with Gasteiger partial charge < -0.3 is 4.52 Å². The fourth-order valence-corrected chi connectivity index (χ4v) is 5.43. The second kappa shape index (κ2) is 8.25. The van der Waals surface area contributed by atoms with Crippen molar-refractivity contribution in [1.29, 1.82) is 0 Å². The van der Waals surface area contributed by atoms with Gasteiger partial charge in [-0.2, -0.15) is 0 Å². The van der Waals surface area contributed by atoms with E-state index in [1.165, 1.54) is 11.4 Å². The highest BCUT2D eigenvalue weighted by atomic mass is 32.7. The van der Waals surface area contributed by atoms with Crippen LogP contribution in [0, 0.1) is 6.92 Å². The maximum atomic E-state index is 12.6. The second-order valence-electron chi connectivity index (χ2n) is 3.92. The summed E-state index contributed by atoms with van der Waals surface area (Å²) in [6.45, 7) is 3.11. The van der Waals surface area contributed by atoms with Crippen molar-refractivity contribution in [2.75, 3.05) is 18.6 Å². The first-order chi connectivity index (χ1) is 9.04. The molecule has 3 nitrogen and oxygen atoms in total. The monoisotopic (exact) mass is 320 g/mol. The highest BCUT2D eigenvalue weighted by molar-refractivity contribution is 8.55. The number of thioether (sulfide) groups is 1. The van der Waals surface area contributed by atoms with E-state index in [4.69, 9.17) is 9.05 Å². The molecule has 0 heterocycles. The summed E-state index contributed by atoms with van der Waals surface area (Å²) in [6, 6.07) is 5.86. The van der Waals surface area contributed by atoms with Crippen LogP contribution in [-0.4, -0.2) is 18.6 Å². The molecule has 0 aromatic heterocycles. The minimum Gasteiger partial charge on any atom is -0.417 e. The second-order valence-corrected chi connectivity index (χ2v) is 8.92. The van der Waals surface area contributed by atoms with E-state index in [2.05, 4.69) is 0 Å². The number of rotatable bonds is 8. The fraction of sp³-hybridized carbons (Fsp3) is 0.538. The first-order valence-electron chi connectivity index (χ1n) is 6.28. The third-order valence-electron chi connectivity index (χ3n) is 2.33. The van der Waals surface area contributed by atoms with E-state index in [9.17, 15) is 4.57 Å². The van der Waals surface area contributed by atoms with Gasteiger partial charge in [-0.1, -0.05) is 6.92 Å². The quantitative estimate of drug-likeness (QED) is 0.474. The van der Waals surface area contributed by atoms with Crippen LogP contribution in [0.4, 0.5) is 0 Å². The summed E-state index contributed by atoms with van der Waals surface area (Å²) in [5, 5.41) is 0. The molecule has 108 valence electrons. The third kappa shape index (κ3) is 5.42. The Bertz CT molecular complexity index is 452. The molecule has 6 heteroatoms. The van der Waals surface area contributed by atoms with Gasteiger partial charge in [-0.05, 0) is 61.7 Å². The maximum absolute atomic E-state index is 12.6. The molecule has 0 aliphatic rings. The molecule has 1 rings (SSSR count). The zero-order chi connectivity index (χ0) is 14.3. The largest absolute Gasteiger partial charge is 0.440 e. The van der Waals surface area contributed by atoms with Crippen LogP contribution in [0.25, 0.3) is 0 Å². The Hall–Kier alpha value is -0.0900. The molecule has 0 amide bonds. The molecular formula is C13H21O3PS2. The summed E-state index contributed by atoms with van der Waals surface area (Å²) >= 11 is 2.94. The van der Waals surface area contributed by atoms with Crippen LogP contribution in [-0.2, 0) is 9.09 Å². The first-order valence-corrected chi connectivity index (χ1v) is 10.6. The van der Waals surface area contributed by atoms with E-state index in [1.807, 2.05) is 45.2 Å².